The second kappa shape index (κ2) is 22.9. The highest BCUT2D eigenvalue weighted by Crippen LogP contribution is 2.39. The number of rotatable bonds is 18. The van der Waals surface area contributed by atoms with Crippen molar-refractivity contribution in [1.82, 2.24) is 50.1 Å². The average molecular weight is 1040 g/mol. The number of carbonyl (C=O) groups excluding carboxylic acids is 2. The van der Waals surface area contributed by atoms with Crippen LogP contribution in [0.4, 0.5) is 5.82 Å². The largest absolute Gasteiger partial charge is 0.507 e. The van der Waals surface area contributed by atoms with Gasteiger partial charge in [0.1, 0.15) is 17.7 Å². The Labute approximate surface area is 443 Å². The molecule has 1 aliphatic carbocycles. The molecule has 3 saturated heterocycles. The highest BCUT2D eigenvalue weighted by Gasteiger charge is 2.44. The third kappa shape index (κ3) is 11.8. The molecule has 18 heteroatoms. The first-order valence-corrected chi connectivity index (χ1v) is 27.9. The van der Waals surface area contributed by atoms with Crippen LogP contribution < -0.4 is 15.8 Å². The molecule has 7 heterocycles. The number of phenolic OH excluding ortho intramolecular Hbond substituents is 1. The number of aromatic hydroxyl groups is 1. The van der Waals surface area contributed by atoms with Crippen LogP contribution in [0.2, 0.25) is 0 Å². The predicted octanol–water partition coefficient (Wildman–Crippen LogP) is 8.53. The van der Waals surface area contributed by atoms with Gasteiger partial charge in [0.25, 0.3) is 5.88 Å². The fourth-order valence-electron chi connectivity index (χ4n) is 12.0. The Hall–Kier alpha value is -6.21. The van der Waals surface area contributed by atoms with Crippen LogP contribution in [0.1, 0.15) is 114 Å². The van der Waals surface area contributed by atoms with Gasteiger partial charge in [-0.25, -0.2) is 4.98 Å². The van der Waals surface area contributed by atoms with Crippen molar-refractivity contribution in [2.75, 3.05) is 51.6 Å². The molecular weight excluding hydrogens is 967 g/mol. The van der Waals surface area contributed by atoms with Gasteiger partial charge >= 0.3 is 0 Å². The molecule has 17 nitrogen and oxygen atoms in total. The molecule has 0 unspecified atom stereocenters. The molecule has 4 aliphatic rings. The van der Waals surface area contributed by atoms with Crippen molar-refractivity contribution >= 4 is 29.0 Å². The number of amides is 2. The van der Waals surface area contributed by atoms with Crippen molar-refractivity contribution in [3.8, 4) is 44.5 Å². The lowest BCUT2D eigenvalue weighted by atomic mass is 9.77. The molecule has 5 atom stereocenters. The van der Waals surface area contributed by atoms with E-state index in [-0.39, 0.29) is 48.5 Å². The second-order valence-corrected chi connectivity index (χ2v) is 22.9. The van der Waals surface area contributed by atoms with E-state index in [0.717, 1.165) is 97.0 Å². The van der Waals surface area contributed by atoms with Crippen molar-refractivity contribution in [1.29, 1.82) is 0 Å². The molecular formula is C57H73N11O6S. The van der Waals surface area contributed by atoms with Gasteiger partial charge in [0.2, 0.25) is 11.8 Å². The Balaban J connectivity index is 0.626. The number of hydrogen-bond acceptors (Lipinski definition) is 15. The lowest BCUT2D eigenvalue weighted by molar-refractivity contribution is -0.141. The van der Waals surface area contributed by atoms with Crippen LogP contribution in [0, 0.1) is 30.6 Å². The Morgan fingerprint density at radius 2 is 1.68 bits per heavy atom. The van der Waals surface area contributed by atoms with E-state index in [1.165, 1.54) is 24.3 Å². The number of carbonyl (C=O) groups is 2. The fourth-order valence-corrected chi connectivity index (χ4v) is 12.9. The summed E-state index contributed by atoms with van der Waals surface area (Å²) in [7, 11) is 0. The number of ether oxygens (including phenoxy) is 1. The van der Waals surface area contributed by atoms with Gasteiger partial charge in [0, 0.05) is 54.5 Å². The molecule has 4 fully saturated rings. The molecule has 3 aliphatic heterocycles. The molecule has 4 aromatic heterocycles. The number of likely N-dealkylation sites (tertiary alicyclic amines) is 3. The first kappa shape index (κ1) is 52.2. The third-order valence-corrected chi connectivity index (χ3v) is 17.7. The minimum atomic E-state index is -0.811. The number of aryl methyl sites for hydroxylation is 1. The van der Waals surface area contributed by atoms with Crippen molar-refractivity contribution in [2.45, 2.75) is 122 Å². The van der Waals surface area contributed by atoms with Gasteiger partial charge in [-0.05, 0) is 150 Å². The molecule has 0 spiro atoms. The fraction of sp³-hybridized carbons (Fsp3) is 0.526. The average Bonchev–Trinajstić information content (AvgIpc) is 4.24. The zero-order valence-electron chi connectivity index (χ0n) is 43.9. The third-order valence-electron chi connectivity index (χ3n) is 16.7. The number of aliphatic hydroxyl groups is 1. The van der Waals surface area contributed by atoms with Crippen LogP contribution in [0.5, 0.6) is 11.6 Å². The van der Waals surface area contributed by atoms with E-state index in [4.69, 9.17) is 20.1 Å². The number of anilines is 1. The first-order chi connectivity index (χ1) is 36.3. The van der Waals surface area contributed by atoms with E-state index in [2.05, 4.69) is 53.3 Å². The SMILES string of the molecule is Cc1ncsc1-c1ccc([C@H](C)NC(=O)[C@@H]2C[C@@H](O)CN2C(=O)[C@@H](c2cc(OCCC3CCN(CC4CC(N5CCC([C@@H](C)n6cc(-c7cc(-c8ccccc8O)nnc7N)cn6)CC5)C4)CC3)no2)C(C)C)cc1. The molecule has 1 saturated carbocycles. The number of nitrogen functional groups attached to an aromatic ring is 1. The van der Waals surface area contributed by atoms with E-state index in [0.29, 0.717) is 53.2 Å². The maximum absolute atomic E-state index is 14.3. The van der Waals surface area contributed by atoms with Gasteiger partial charge in [0.15, 0.2) is 11.6 Å². The summed E-state index contributed by atoms with van der Waals surface area (Å²) in [5.41, 5.74) is 13.9. The van der Waals surface area contributed by atoms with E-state index in [9.17, 15) is 19.8 Å². The topological polar surface area (TPSA) is 214 Å². The summed E-state index contributed by atoms with van der Waals surface area (Å²) in [6.45, 7) is 16.3. The summed E-state index contributed by atoms with van der Waals surface area (Å²) in [5.74, 6) is 1.71. The van der Waals surface area contributed by atoms with Gasteiger partial charge < -0.3 is 45.2 Å². The molecule has 2 amide bonds. The zero-order chi connectivity index (χ0) is 52.3. The highest BCUT2D eigenvalue weighted by atomic mass is 32.1. The van der Waals surface area contributed by atoms with Gasteiger partial charge in [-0.3, -0.25) is 14.3 Å². The molecule has 5 N–H and O–H groups in total. The maximum atomic E-state index is 14.3. The number of phenols is 1. The molecule has 0 bridgehead atoms. The number of benzene rings is 2. The van der Waals surface area contributed by atoms with Crippen molar-refractivity contribution in [3.05, 3.63) is 95.6 Å². The van der Waals surface area contributed by atoms with Crippen LogP contribution >= 0.6 is 11.3 Å². The highest BCUT2D eigenvalue weighted by molar-refractivity contribution is 7.13. The number of β-amino-alcohol motifs (C(OH)–C–C–N with tert-alkyl or cyclic N) is 1. The summed E-state index contributed by atoms with van der Waals surface area (Å²) >= 11 is 1.60. The predicted molar refractivity (Wildman–Crippen MR) is 289 cm³/mol. The number of nitrogens with two attached hydrogens (primary N) is 1. The van der Waals surface area contributed by atoms with Crippen LogP contribution in [0.3, 0.4) is 0 Å². The lowest BCUT2D eigenvalue weighted by Gasteiger charge is -2.48. The smallest absolute Gasteiger partial charge is 0.254 e. The number of thiazole rings is 1. The molecule has 6 aromatic rings. The summed E-state index contributed by atoms with van der Waals surface area (Å²) < 4.78 is 14.0. The number of aliphatic hydroxyl groups excluding tert-OH is 1. The minimum absolute atomic E-state index is 0.0711. The molecule has 0 radical (unpaired) electrons. The number of para-hydroxylation sites is 1. The normalized spacial score (nSPS) is 22.3. The number of piperidine rings is 2. The minimum Gasteiger partial charge on any atom is -0.507 e. The van der Waals surface area contributed by atoms with Crippen molar-refractivity contribution in [2.24, 2.45) is 23.7 Å². The van der Waals surface area contributed by atoms with E-state index in [1.807, 2.05) is 81.9 Å². The Morgan fingerprint density at radius 3 is 2.40 bits per heavy atom. The molecule has 398 valence electrons. The lowest BCUT2D eigenvalue weighted by Crippen LogP contribution is -2.51. The Kier molecular flexibility index (Phi) is 16.0. The van der Waals surface area contributed by atoms with Crippen LogP contribution in [0.25, 0.3) is 32.8 Å². The summed E-state index contributed by atoms with van der Waals surface area (Å²) in [6, 6.07) is 18.6. The Bertz CT molecular complexity index is 2880. The molecule has 2 aromatic carbocycles. The van der Waals surface area contributed by atoms with Gasteiger partial charge in [-0.15, -0.1) is 21.5 Å². The van der Waals surface area contributed by atoms with Crippen LogP contribution in [0.15, 0.2) is 83.1 Å². The quantitative estimate of drug-likeness (QED) is 0.0635. The number of hydrogen-bond donors (Lipinski definition) is 4. The molecule has 75 heavy (non-hydrogen) atoms. The van der Waals surface area contributed by atoms with Crippen molar-refractivity contribution < 1.29 is 29.1 Å². The number of nitrogens with zero attached hydrogens (tertiary/aromatic N) is 9. The maximum Gasteiger partial charge on any atom is 0.254 e. The number of aromatic nitrogens is 6. The van der Waals surface area contributed by atoms with Crippen molar-refractivity contribution in [3.63, 3.8) is 0 Å². The van der Waals surface area contributed by atoms with E-state index < -0.39 is 18.1 Å². The van der Waals surface area contributed by atoms with Crippen LogP contribution in [-0.2, 0) is 9.59 Å². The van der Waals surface area contributed by atoms with E-state index >= 15 is 0 Å². The summed E-state index contributed by atoms with van der Waals surface area (Å²) in [6.07, 6.45) is 11.4. The van der Waals surface area contributed by atoms with E-state index in [1.54, 1.807) is 29.5 Å². The van der Waals surface area contributed by atoms with Gasteiger partial charge in [-0.2, -0.15) is 5.10 Å². The van der Waals surface area contributed by atoms with Crippen LogP contribution in [-0.4, -0.2) is 131 Å². The molecule has 10 rings (SSSR count). The summed E-state index contributed by atoms with van der Waals surface area (Å²) in [4.78, 5) is 40.4. The summed E-state index contributed by atoms with van der Waals surface area (Å²) in [5, 5.41) is 41.6. The van der Waals surface area contributed by atoms with Gasteiger partial charge in [0.05, 0.1) is 52.8 Å². The first-order valence-electron chi connectivity index (χ1n) is 27.1. The standard InChI is InChI=1S/C57H73N11O6S/c1-34(2)53(57(72)67-32-45(69)26-49(67)56(71)61-35(3)40-10-12-42(13-11-40)54-36(4)59-33-75-54)51-28-52(64-74-51)73-23-18-38-14-19-65(20-15-38)30-39-24-44(25-39)66-21-16-41(17-22-66)37(5)68-31-43(29-60-68)47-27-48(62-63-55(47)58)46-8-6-7-9-50(46)70/h6-13,27-29,31,33-35,37-39,41,44-45,49,53,69-70H,14-26,30,32H2,1-5H3,(H2,58,63)(H,61,71)/t35-,37+,39?,44?,45+,49-,53+/m0/s1. The zero-order valence-corrected chi connectivity index (χ0v) is 44.7. The monoisotopic (exact) mass is 1040 g/mol. The number of nitrogens with one attached hydrogen (secondary N) is 1. The second-order valence-electron chi connectivity index (χ2n) is 22.0. The Morgan fingerprint density at radius 1 is 0.920 bits per heavy atom. The van der Waals surface area contributed by atoms with Gasteiger partial charge in [-0.1, -0.05) is 50.2 Å².